The van der Waals surface area contributed by atoms with Crippen molar-refractivity contribution in [1.82, 2.24) is 56.8 Å². The van der Waals surface area contributed by atoms with Crippen molar-refractivity contribution in [3.63, 3.8) is 0 Å². The second-order valence-corrected chi connectivity index (χ2v) is 5.02. The maximum Gasteiger partial charge on any atom is 0.244 e. The molecule has 178 valence electrons. The summed E-state index contributed by atoms with van der Waals surface area (Å²) in [7, 11) is 1.62. The average Bonchev–Trinajstić information content (AvgIpc) is 2.97. The minimum absolute atomic E-state index is 0. The Kier molecular flexibility index (Phi) is 38.8. The summed E-state index contributed by atoms with van der Waals surface area (Å²) >= 11 is 5.84. The Morgan fingerprint density at radius 1 is 1.07 bits per heavy atom. The van der Waals surface area contributed by atoms with E-state index >= 15 is 0 Å². The lowest BCUT2D eigenvalue weighted by molar-refractivity contribution is 0.150. The van der Waals surface area contributed by atoms with Crippen LogP contribution in [0.25, 0.3) is 11.2 Å². The molecule has 0 unspecified atom stereocenters. The first-order chi connectivity index (χ1) is 10.2. The van der Waals surface area contributed by atoms with Crippen LogP contribution in [0.4, 0.5) is 0 Å². The maximum atomic E-state index is 5.90. The van der Waals surface area contributed by atoms with E-state index in [2.05, 4.69) is 24.9 Å². The van der Waals surface area contributed by atoms with Gasteiger partial charge >= 0.3 is 0 Å². The Labute approximate surface area is 189 Å². The van der Waals surface area contributed by atoms with E-state index in [1.165, 1.54) is 25.6 Å². The molecule has 1 aliphatic rings. The van der Waals surface area contributed by atoms with Gasteiger partial charge in [0.2, 0.25) is 11.2 Å². The van der Waals surface area contributed by atoms with Crippen LogP contribution in [0.2, 0.25) is 5.28 Å². The molecule has 0 saturated heterocycles. The zero-order chi connectivity index (χ0) is 15.1. The molecule has 2 aromatic heterocycles. The largest absolute Gasteiger partial charge is 0.473 e. The van der Waals surface area contributed by atoms with Gasteiger partial charge in [-0.3, -0.25) is 4.99 Å². The number of fused-ring (bicyclic) bond motifs is 1. The van der Waals surface area contributed by atoms with Gasteiger partial charge in [0.25, 0.3) is 0 Å². The van der Waals surface area contributed by atoms with Crippen molar-refractivity contribution >= 4 is 53.9 Å². The summed E-state index contributed by atoms with van der Waals surface area (Å²) in [5.74, 6) is 0.518. The van der Waals surface area contributed by atoms with Gasteiger partial charge in [0.05, 0.1) is 12.7 Å². The highest BCUT2D eigenvalue weighted by Gasteiger charge is 2.18. The van der Waals surface area contributed by atoms with Crippen molar-refractivity contribution in [2.45, 2.75) is 38.2 Å². The number of aromatic nitrogens is 4. The molecule has 1 fully saturated rings. The summed E-state index contributed by atoms with van der Waals surface area (Å²) in [6.45, 7) is 0. The minimum atomic E-state index is 0. The third-order valence-corrected chi connectivity index (χ3v) is 3.37. The standard InChI is InChI=1S/C11H13ClN4O.C2H6N2.2ClH.6H3N/c12-11-15-9-8(13-6-14-9)10(16-11)17-7-4-2-1-3-5-7;1-4-2-3;;;;;;;;/h6-7H,1-5H2,(H,13,14,15,16);2H,1H3,(H2,3,4);2*1H;6*1H3. The number of H-pyrrole nitrogens is 1. The summed E-state index contributed by atoms with van der Waals surface area (Å²) in [4.78, 5) is 18.6. The number of aromatic amines is 1. The molecule has 0 spiro atoms. The van der Waals surface area contributed by atoms with Crippen molar-refractivity contribution in [2.75, 3.05) is 7.05 Å². The molecule has 1 aliphatic carbocycles. The highest BCUT2D eigenvalue weighted by molar-refractivity contribution is 6.28. The second kappa shape index (κ2) is 24.5. The Morgan fingerprint density at radius 3 is 2.07 bits per heavy atom. The smallest absolute Gasteiger partial charge is 0.244 e. The molecule has 0 amide bonds. The number of aliphatic imine (C=N–C) groups is 1. The first-order valence-electron chi connectivity index (χ1n) is 6.90. The monoisotopic (exact) mass is 484 g/mol. The number of hydrogen-bond donors (Lipinski definition) is 8. The van der Waals surface area contributed by atoms with Crippen LogP contribution in [-0.4, -0.2) is 39.4 Å². The quantitative estimate of drug-likeness (QED) is 0.169. The number of ether oxygens (including phenoxy) is 1. The van der Waals surface area contributed by atoms with E-state index in [4.69, 9.17) is 22.1 Å². The van der Waals surface area contributed by atoms with Gasteiger partial charge < -0.3 is 52.4 Å². The molecule has 2 aromatic rings. The fraction of sp³-hybridized carbons (Fsp3) is 0.538. The van der Waals surface area contributed by atoms with Gasteiger partial charge in [-0.2, -0.15) is 9.97 Å². The van der Waals surface area contributed by atoms with E-state index < -0.39 is 0 Å². The van der Waals surface area contributed by atoms with E-state index in [-0.39, 0.29) is 73.1 Å². The summed E-state index contributed by atoms with van der Waals surface area (Å²) in [6.07, 6.45) is 8.95. The van der Waals surface area contributed by atoms with Gasteiger partial charge in [0.1, 0.15) is 11.6 Å². The number of nitrogens with two attached hydrogens (primary N) is 1. The molecule has 16 heteroatoms. The number of nitrogens with zero attached hydrogens (tertiary/aromatic N) is 4. The van der Waals surface area contributed by atoms with E-state index in [1.54, 1.807) is 13.4 Å². The number of hydrogen-bond acceptors (Lipinski definition) is 11. The van der Waals surface area contributed by atoms with Gasteiger partial charge in [-0.1, -0.05) is 6.42 Å². The van der Waals surface area contributed by atoms with Crippen molar-refractivity contribution in [3.8, 4) is 5.88 Å². The van der Waals surface area contributed by atoms with Crippen LogP contribution in [0.1, 0.15) is 32.1 Å². The molecule has 0 atom stereocenters. The number of rotatable bonds is 2. The van der Waals surface area contributed by atoms with E-state index in [1.807, 2.05) is 0 Å². The van der Waals surface area contributed by atoms with Crippen molar-refractivity contribution in [2.24, 2.45) is 10.7 Å². The van der Waals surface area contributed by atoms with Gasteiger partial charge in [0.15, 0.2) is 5.65 Å². The number of imidazole rings is 1. The minimum Gasteiger partial charge on any atom is -0.473 e. The molecular weight excluding hydrogens is 447 g/mol. The molecule has 0 aliphatic heterocycles. The van der Waals surface area contributed by atoms with E-state index in [0.29, 0.717) is 11.5 Å². The Balaban J connectivity index is -0.0000000749. The van der Waals surface area contributed by atoms with Gasteiger partial charge in [-0.15, -0.1) is 24.8 Å². The third-order valence-electron chi connectivity index (χ3n) is 3.20. The van der Waals surface area contributed by atoms with Crippen molar-refractivity contribution in [1.29, 1.82) is 0 Å². The van der Waals surface area contributed by atoms with Crippen LogP contribution < -0.4 is 47.4 Å². The van der Waals surface area contributed by atoms with Crippen LogP contribution in [0.3, 0.4) is 0 Å². The fourth-order valence-electron chi connectivity index (χ4n) is 2.21. The molecule has 21 N–H and O–H groups in total. The normalized spacial score (nSPS) is 11.5. The summed E-state index contributed by atoms with van der Waals surface area (Å²) in [6, 6.07) is 0. The summed E-state index contributed by atoms with van der Waals surface area (Å²) < 4.78 is 5.90. The first kappa shape index (κ1) is 45.9. The Morgan fingerprint density at radius 2 is 1.59 bits per heavy atom. The Bertz CT molecular complexity index is 606. The van der Waals surface area contributed by atoms with Crippen LogP contribution in [0.5, 0.6) is 5.88 Å². The predicted molar refractivity (Wildman–Crippen MR) is 127 cm³/mol. The van der Waals surface area contributed by atoms with Crippen LogP contribution in [0.15, 0.2) is 11.3 Å². The highest BCUT2D eigenvalue weighted by atomic mass is 35.5. The SMILES string of the molecule is CN=CN.Cl.Cl.Clc1nc(OC2CCCCC2)c2[nH]cnc2n1.N.N.N.N.N.N. The fourth-order valence-corrected chi connectivity index (χ4v) is 2.36. The van der Waals surface area contributed by atoms with Crippen molar-refractivity contribution in [3.05, 3.63) is 11.6 Å². The highest BCUT2D eigenvalue weighted by Crippen LogP contribution is 2.26. The lowest BCUT2D eigenvalue weighted by Crippen LogP contribution is -2.20. The zero-order valence-electron chi connectivity index (χ0n) is 17.0. The first-order valence-corrected chi connectivity index (χ1v) is 7.28. The molecule has 29 heavy (non-hydrogen) atoms. The van der Waals surface area contributed by atoms with E-state index in [0.717, 1.165) is 18.4 Å². The average molecular weight is 486 g/mol. The van der Waals surface area contributed by atoms with Crippen LogP contribution in [-0.2, 0) is 0 Å². The van der Waals surface area contributed by atoms with Gasteiger partial charge in [-0.05, 0) is 37.3 Å². The van der Waals surface area contributed by atoms with Gasteiger partial charge in [-0.25, -0.2) is 4.98 Å². The van der Waals surface area contributed by atoms with Crippen LogP contribution >= 0.6 is 36.4 Å². The van der Waals surface area contributed by atoms with Crippen LogP contribution in [0, 0.1) is 0 Å². The lowest BCUT2D eigenvalue weighted by Gasteiger charge is -2.22. The molecular formula is C13H39Cl3N12O. The molecule has 13 nitrogen and oxygen atoms in total. The topological polar surface area (TPSA) is 312 Å². The molecule has 0 bridgehead atoms. The van der Waals surface area contributed by atoms with Gasteiger partial charge in [0, 0.05) is 7.05 Å². The van der Waals surface area contributed by atoms with Crippen molar-refractivity contribution < 1.29 is 4.74 Å². The Hall–Kier alpha value is -1.55. The third kappa shape index (κ3) is 14.1. The molecule has 0 radical (unpaired) electrons. The number of nitrogens with one attached hydrogen (secondary N) is 1. The second-order valence-electron chi connectivity index (χ2n) is 4.68. The molecule has 3 rings (SSSR count). The molecule has 1 saturated carbocycles. The molecule has 0 aromatic carbocycles. The summed E-state index contributed by atoms with van der Waals surface area (Å²) in [5.41, 5.74) is 6.01. The maximum absolute atomic E-state index is 5.90. The molecule has 2 heterocycles. The lowest BCUT2D eigenvalue weighted by atomic mass is 9.98. The number of halogens is 3. The van der Waals surface area contributed by atoms with E-state index in [9.17, 15) is 0 Å². The predicted octanol–water partition coefficient (Wildman–Crippen LogP) is 4.14. The zero-order valence-corrected chi connectivity index (χ0v) is 19.4. The summed E-state index contributed by atoms with van der Waals surface area (Å²) in [5, 5.41) is 0.176.